The molecule has 1 N–H and O–H groups in total. The van der Waals surface area contributed by atoms with Gasteiger partial charge >= 0.3 is 0 Å². The van der Waals surface area contributed by atoms with Gasteiger partial charge in [-0.2, -0.15) is 0 Å². The fraction of sp³-hybridized carbons (Fsp3) is 0.160. The number of para-hydroxylation sites is 2. The lowest BCUT2D eigenvalue weighted by atomic mass is 10.1. The summed E-state index contributed by atoms with van der Waals surface area (Å²) in [5, 5.41) is 4.46. The van der Waals surface area contributed by atoms with Gasteiger partial charge in [0, 0.05) is 22.0 Å². The molecule has 5 rings (SSSR count). The average molecular weight is 460 g/mol. The van der Waals surface area contributed by atoms with Gasteiger partial charge in [0.2, 0.25) is 0 Å². The maximum atomic E-state index is 13.1. The number of amides is 1. The Bertz CT molecular complexity index is 1370. The number of hydrogen-bond donors (Lipinski definition) is 1. The van der Waals surface area contributed by atoms with Crippen LogP contribution in [0.2, 0.25) is 0 Å². The molecule has 2 heterocycles. The van der Waals surface area contributed by atoms with Crippen molar-refractivity contribution in [2.45, 2.75) is 23.0 Å². The summed E-state index contributed by atoms with van der Waals surface area (Å²) in [5.74, 6) is 1.40. The summed E-state index contributed by atoms with van der Waals surface area (Å²) in [6.45, 7) is 2.00. The van der Waals surface area contributed by atoms with Gasteiger partial charge in [-0.25, -0.2) is 4.98 Å². The highest BCUT2D eigenvalue weighted by Gasteiger charge is 2.26. The van der Waals surface area contributed by atoms with Crippen LogP contribution < -0.4 is 10.9 Å². The zero-order valence-corrected chi connectivity index (χ0v) is 19.1. The van der Waals surface area contributed by atoms with Crippen LogP contribution in [0.25, 0.3) is 10.9 Å². The minimum Gasteiger partial charge on any atom is -0.321 e. The number of carbonyl (C=O) groups is 1. The van der Waals surface area contributed by atoms with Crippen molar-refractivity contribution < 1.29 is 4.79 Å². The normalized spacial score (nSPS) is 15.0. The number of rotatable bonds is 5. The standard InChI is InChI=1S/C25H21N3O2S2/c1-16-10-12-17(13-11-16)23(29)26-21-8-4-5-9-22(21)31-14-18-15-32-25-27-20-7-3-2-6-19(20)24(30)28(18)25/h2-13,18H,14-15H2,1H3,(H,26,29)/t18-/m0/s1. The first-order valence-corrected chi connectivity index (χ1v) is 12.3. The second-order valence-electron chi connectivity index (χ2n) is 7.68. The van der Waals surface area contributed by atoms with Crippen LogP contribution in [0.3, 0.4) is 0 Å². The molecule has 4 aromatic rings. The number of aromatic nitrogens is 2. The minimum absolute atomic E-state index is 0.0159. The van der Waals surface area contributed by atoms with E-state index in [0.717, 1.165) is 38.3 Å². The quantitative estimate of drug-likeness (QED) is 0.320. The molecule has 3 aromatic carbocycles. The summed E-state index contributed by atoms with van der Waals surface area (Å²) in [7, 11) is 0. The molecule has 1 aliphatic heterocycles. The summed E-state index contributed by atoms with van der Waals surface area (Å²) in [4.78, 5) is 31.4. The Morgan fingerprint density at radius 2 is 1.84 bits per heavy atom. The van der Waals surface area contributed by atoms with E-state index in [1.807, 2.05) is 84.3 Å². The number of aryl methyl sites for hydroxylation is 1. The highest BCUT2D eigenvalue weighted by atomic mass is 32.2. The highest BCUT2D eigenvalue weighted by Crippen LogP contribution is 2.36. The van der Waals surface area contributed by atoms with Gasteiger partial charge in [0.25, 0.3) is 11.5 Å². The van der Waals surface area contributed by atoms with Gasteiger partial charge in [-0.3, -0.25) is 14.2 Å². The van der Waals surface area contributed by atoms with E-state index >= 15 is 0 Å². The van der Waals surface area contributed by atoms with Crippen LogP contribution in [-0.4, -0.2) is 27.0 Å². The van der Waals surface area contributed by atoms with E-state index in [1.54, 1.807) is 23.5 Å². The summed E-state index contributed by atoms with van der Waals surface area (Å²) < 4.78 is 1.83. The van der Waals surface area contributed by atoms with Gasteiger partial charge in [0.15, 0.2) is 5.16 Å². The second kappa shape index (κ2) is 8.84. The second-order valence-corrected chi connectivity index (χ2v) is 9.73. The predicted molar refractivity (Wildman–Crippen MR) is 132 cm³/mol. The SMILES string of the molecule is Cc1ccc(C(=O)Nc2ccccc2SC[C@H]2CSc3nc4ccccc4c(=O)n32)cc1. The third-order valence-electron chi connectivity index (χ3n) is 5.43. The Morgan fingerprint density at radius 3 is 2.69 bits per heavy atom. The molecule has 1 aromatic heterocycles. The predicted octanol–water partition coefficient (Wildman–Crippen LogP) is 5.40. The van der Waals surface area contributed by atoms with Crippen molar-refractivity contribution in [1.82, 2.24) is 9.55 Å². The molecule has 160 valence electrons. The molecule has 0 bridgehead atoms. The van der Waals surface area contributed by atoms with Gasteiger partial charge in [-0.1, -0.05) is 53.7 Å². The molecule has 0 aliphatic carbocycles. The molecular weight excluding hydrogens is 438 g/mol. The largest absolute Gasteiger partial charge is 0.321 e. The van der Waals surface area contributed by atoms with E-state index in [9.17, 15) is 9.59 Å². The van der Waals surface area contributed by atoms with Crippen LogP contribution in [-0.2, 0) is 0 Å². The minimum atomic E-state index is -0.133. The van der Waals surface area contributed by atoms with Gasteiger partial charge in [0.1, 0.15) is 0 Å². The zero-order valence-electron chi connectivity index (χ0n) is 17.4. The molecule has 5 nitrogen and oxygen atoms in total. The number of nitrogens with zero attached hydrogens (tertiary/aromatic N) is 2. The van der Waals surface area contributed by atoms with Gasteiger partial charge < -0.3 is 5.32 Å². The highest BCUT2D eigenvalue weighted by molar-refractivity contribution is 8.00. The maximum absolute atomic E-state index is 13.1. The smallest absolute Gasteiger partial charge is 0.262 e. The summed E-state index contributed by atoms with van der Waals surface area (Å²) >= 11 is 3.27. The Labute approximate surface area is 194 Å². The molecule has 1 atom stereocenters. The third-order valence-corrected chi connectivity index (χ3v) is 7.74. The third kappa shape index (κ3) is 4.06. The van der Waals surface area contributed by atoms with E-state index in [0.29, 0.717) is 10.9 Å². The van der Waals surface area contributed by atoms with Gasteiger partial charge in [-0.05, 0) is 43.3 Å². The summed E-state index contributed by atoms with van der Waals surface area (Å²) in [6, 6.07) is 22.8. The molecular formula is C25H21N3O2S2. The van der Waals surface area contributed by atoms with Crippen molar-refractivity contribution in [2.24, 2.45) is 0 Å². The Hall–Kier alpha value is -3.03. The van der Waals surface area contributed by atoms with Crippen LogP contribution in [0.15, 0.2) is 87.6 Å². The van der Waals surface area contributed by atoms with Crippen molar-refractivity contribution in [2.75, 3.05) is 16.8 Å². The number of hydrogen-bond acceptors (Lipinski definition) is 5. The van der Waals surface area contributed by atoms with Crippen molar-refractivity contribution in [1.29, 1.82) is 0 Å². The number of benzene rings is 3. The van der Waals surface area contributed by atoms with Crippen LogP contribution in [0.5, 0.6) is 0 Å². The zero-order chi connectivity index (χ0) is 22.1. The van der Waals surface area contributed by atoms with E-state index in [1.165, 1.54) is 0 Å². The molecule has 0 radical (unpaired) electrons. The molecule has 0 fully saturated rings. The Morgan fingerprint density at radius 1 is 1.09 bits per heavy atom. The number of thioether (sulfide) groups is 2. The van der Waals surface area contributed by atoms with Gasteiger partial charge in [-0.15, -0.1) is 11.8 Å². The number of anilines is 1. The number of carbonyl (C=O) groups excluding carboxylic acids is 1. The van der Waals surface area contributed by atoms with Gasteiger partial charge in [0.05, 0.1) is 22.6 Å². The van der Waals surface area contributed by atoms with E-state index < -0.39 is 0 Å². The van der Waals surface area contributed by atoms with Crippen LogP contribution in [0.1, 0.15) is 22.0 Å². The molecule has 0 saturated heterocycles. The summed E-state index contributed by atoms with van der Waals surface area (Å²) in [6.07, 6.45) is 0. The molecule has 1 amide bonds. The first-order chi connectivity index (χ1) is 15.6. The topological polar surface area (TPSA) is 64.0 Å². The first kappa shape index (κ1) is 20.8. The lowest BCUT2D eigenvalue weighted by Crippen LogP contribution is -2.26. The fourth-order valence-corrected chi connectivity index (χ4v) is 6.08. The van der Waals surface area contributed by atoms with E-state index in [-0.39, 0.29) is 17.5 Å². The molecule has 7 heteroatoms. The Balaban J connectivity index is 1.35. The van der Waals surface area contributed by atoms with Crippen LogP contribution in [0.4, 0.5) is 5.69 Å². The lowest BCUT2D eigenvalue weighted by Gasteiger charge is -2.15. The fourth-order valence-electron chi connectivity index (χ4n) is 3.70. The average Bonchev–Trinajstić information content (AvgIpc) is 3.22. The van der Waals surface area contributed by atoms with Crippen molar-refractivity contribution in [3.8, 4) is 0 Å². The monoisotopic (exact) mass is 459 g/mol. The van der Waals surface area contributed by atoms with E-state index in [4.69, 9.17) is 0 Å². The van der Waals surface area contributed by atoms with E-state index in [2.05, 4.69) is 10.3 Å². The molecule has 0 saturated carbocycles. The lowest BCUT2D eigenvalue weighted by molar-refractivity contribution is 0.102. The maximum Gasteiger partial charge on any atom is 0.262 e. The molecule has 1 aliphatic rings. The van der Waals surface area contributed by atoms with Crippen molar-refractivity contribution in [3.05, 3.63) is 94.3 Å². The van der Waals surface area contributed by atoms with Crippen molar-refractivity contribution >= 4 is 46.0 Å². The number of nitrogens with one attached hydrogen (secondary N) is 1. The first-order valence-electron chi connectivity index (χ1n) is 10.3. The molecule has 0 unspecified atom stereocenters. The summed E-state index contributed by atoms with van der Waals surface area (Å²) in [5.41, 5.74) is 3.28. The van der Waals surface area contributed by atoms with Crippen LogP contribution >= 0.6 is 23.5 Å². The molecule has 32 heavy (non-hydrogen) atoms. The molecule has 0 spiro atoms. The van der Waals surface area contributed by atoms with Crippen molar-refractivity contribution in [3.63, 3.8) is 0 Å². The Kier molecular flexibility index (Phi) is 5.76. The van der Waals surface area contributed by atoms with Crippen LogP contribution in [0, 0.1) is 6.92 Å². The number of fused-ring (bicyclic) bond motifs is 2.